The van der Waals surface area contributed by atoms with Gasteiger partial charge in [-0.2, -0.15) is 0 Å². The standard InChI is InChI=1S/C16H22N2S/c1-5-16(3,4)13-8-6-12(7-9-13)14-10-19-15(18-14)11(2)17/h6-11H,5,17H2,1-4H3. The Labute approximate surface area is 119 Å². The molecule has 1 atom stereocenters. The summed E-state index contributed by atoms with van der Waals surface area (Å²) in [4.78, 5) is 4.59. The lowest BCUT2D eigenvalue weighted by atomic mass is 9.82. The van der Waals surface area contributed by atoms with Crippen molar-refractivity contribution in [3.63, 3.8) is 0 Å². The maximum absolute atomic E-state index is 5.85. The Morgan fingerprint density at radius 3 is 2.37 bits per heavy atom. The molecule has 2 aromatic rings. The Morgan fingerprint density at radius 1 is 1.26 bits per heavy atom. The molecule has 0 saturated carbocycles. The van der Waals surface area contributed by atoms with Gasteiger partial charge >= 0.3 is 0 Å². The van der Waals surface area contributed by atoms with Crippen LogP contribution in [0.4, 0.5) is 0 Å². The average molecular weight is 274 g/mol. The first kappa shape index (κ1) is 14.2. The van der Waals surface area contributed by atoms with E-state index in [2.05, 4.69) is 55.4 Å². The molecule has 0 amide bonds. The summed E-state index contributed by atoms with van der Waals surface area (Å²) in [6, 6.07) is 8.75. The van der Waals surface area contributed by atoms with Crippen LogP contribution >= 0.6 is 11.3 Å². The maximum atomic E-state index is 5.85. The lowest BCUT2D eigenvalue weighted by Gasteiger charge is -2.23. The van der Waals surface area contributed by atoms with E-state index in [1.165, 1.54) is 11.1 Å². The molecule has 2 rings (SSSR count). The van der Waals surface area contributed by atoms with Crippen molar-refractivity contribution in [2.45, 2.75) is 45.6 Å². The lowest BCUT2D eigenvalue weighted by molar-refractivity contribution is 0.506. The predicted molar refractivity (Wildman–Crippen MR) is 83.5 cm³/mol. The number of hydrogen-bond acceptors (Lipinski definition) is 3. The molecule has 102 valence electrons. The van der Waals surface area contributed by atoms with Crippen molar-refractivity contribution in [3.8, 4) is 11.3 Å². The minimum Gasteiger partial charge on any atom is -0.322 e. The van der Waals surface area contributed by atoms with Gasteiger partial charge in [0.2, 0.25) is 0 Å². The van der Waals surface area contributed by atoms with Crippen molar-refractivity contribution in [2.24, 2.45) is 5.73 Å². The zero-order valence-electron chi connectivity index (χ0n) is 12.1. The summed E-state index contributed by atoms with van der Waals surface area (Å²) in [6.07, 6.45) is 1.14. The van der Waals surface area contributed by atoms with Crippen LogP contribution < -0.4 is 5.73 Å². The minimum absolute atomic E-state index is 0.0112. The van der Waals surface area contributed by atoms with E-state index in [-0.39, 0.29) is 11.5 Å². The fourth-order valence-electron chi connectivity index (χ4n) is 1.93. The van der Waals surface area contributed by atoms with Crippen molar-refractivity contribution >= 4 is 11.3 Å². The van der Waals surface area contributed by atoms with Crippen LogP contribution in [0.2, 0.25) is 0 Å². The molecule has 0 saturated heterocycles. The van der Waals surface area contributed by atoms with Gasteiger partial charge in [0.05, 0.1) is 11.7 Å². The smallest absolute Gasteiger partial charge is 0.110 e. The number of rotatable bonds is 4. The molecular weight excluding hydrogens is 252 g/mol. The molecule has 0 bridgehead atoms. The molecule has 0 aliphatic heterocycles. The first-order valence-corrected chi connectivity index (χ1v) is 7.64. The quantitative estimate of drug-likeness (QED) is 0.890. The molecule has 2 N–H and O–H groups in total. The second kappa shape index (κ2) is 5.43. The Balaban J connectivity index is 2.27. The summed E-state index contributed by atoms with van der Waals surface area (Å²) in [6.45, 7) is 8.75. The maximum Gasteiger partial charge on any atom is 0.110 e. The molecule has 0 aliphatic rings. The second-order valence-electron chi connectivity index (χ2n) is 5.67. The fraction of sp³-hybridized carbons (Fsp3) is 0.438. The molecule has 3 heteroatoms. The van der Waals surface area contributed by atoms with Crippen LogP contribution in [0.5, 0.6) is 0 Å². The average Bonchev–Trinajstić information content (AvgIpc) is 2.88. The normalized spacial score (nSPS) is 13.5. The van der Waals surface area contributed by atoms with E-state index in [1.807, 2.05) is 6.92 Å². The summed E-state index contributed by atoms with van der Waals surface area (Å²) >= 11 is 1.63. The van der Waals surface area contributed by atoms with Crippen molar-refractivity contribution in [1.29, 1.82) is 0 Å². The van der Waals surface area contributed by atoms with E-state index in [0.29, 0.717) is 0 Å². The van der Waals surface area contributed by atoms with Gasteiger partial charge in [-0.25, -0.2) is 4.98 Å². The zero-order valence-corrected chi connectivity index (χ0v) is 12.9. The van der Waals surface area contributed by atoms with Crippen molar-refractivity contribution in [2.75, 3.05) is 0 Å². The van der Waals surface area contributed by atoms with Gasteiger partial charge < -0.3 is 5.73 Å². The van der Waals surface area contributed by atoms with E-state index in [0.717, 1.165) is 17.1 Å². The third-order valence-electron chi connectivity index (χ3n) is 3.76. The third-order valence-corrected chi connectivity index (χ3v) is 4.80. The third kappa shape index (κ3) is 3.04. The molecular formula is C16H22N2S. The monoisotopic (exact) mass is 274 g/mol. The van der Waals surface area contributed by atoms with Gasteiger partial charge in [0.1, 0.15) is 5.01 Å². The van der Waals surface area contributed by atoms with E-state index in [4.69, 9.17) is 5.73 Å². The summed E-state index contributed by atoms with van der Waals surface area (Å²) in [5.41, 5.74) is 9.65. The molecule has 1 unspecified atom stereocenters. The molecule has 1 heterocycles. The van der Waals surface area contributed by atoms with Crippen LogP contribution in [0.1, 0.15) is 50.7 Å². The van der Waals surface area contributed by atoms with E-state index in [9.17, 15) is 0 Å². The van der Waals surface area contributed by atoms with Crippen LogP contribution in [-0.4, -0.2) is 4.98 Å². The summed E-state index contributed by atoms with van der Waals surface area (Å²) in [5.74, 6) is 0. The topological polar surface area (TPSA) is 38.9 Å². The summed E-state index contributed by atoms with van der Waals surface area (Å²) < 4.78 is 0. The highest BCUT2D eigenvalue weighted by atomic mass is 32.1. The predicted octanol–water partition coefficient (Wildman–Crippen LogP) is 4.52. The van der Waals surface area contributed by atoms with Gasteiger partial charge in [0.15, 0.2) is 0 Å². The van der Waals surface area contributed by atoms with Gasteiger partial charge in [0.25, 0.3) is 0 Å². The van der Waals surface area contributed by atoms with Crippen molar-refractivity contribution < 1.29 is 0 Å². The van der Waals surface area contributed by atoms with Crippen LogP contribution in [0.3, 0.4) is 0 Å². The Hall–Kier alpha value is -1.19. The number of thiazole rings is 1. The van der Waals surface area contributed by atoms with Crippen LogP contribution in [0.15, 0.2) is 29.6 Å². The van der Waals surface area contributed by atoms with Crippen molar-refractivity contribution in [1.82, 2.24) is 4.98 Å². The number of benzene rings is 1. The molecule has 19 heavy (non-hydrogen) atoms. The zero-order chi connectivity index (χ0) is 14.0. The number of aromatic nitrogens is 1. The van der Waals surface area contributed by atoms with Crippen LogP contribution in [-0.2, 0) is 5.41 Å². The Kier molecular flexibility index (Phi) is 4.07. The van der Waals surface area contributed by atoms with Gasteiger partial charge in [0, 0.05) is 10.9 Å². The molecule has 1 aromatic carbocycles. The highest BCUT2D eigenvalue weighted by molar-refractivity contribution is 7.10. The minimum atomic E-state index is 0.0112. The summed E-state index contributed by atoms with van der Waals surface area (Å²) in [7, 11) is 0. The number of nitrogens with zero attached hydrogens (tertiary/aromatic N) is 1. The SMILES string of the molecule is CCC(C)(C)c1ccc(-c2csc(C(C)N)n2)cc1. The van der Waals surface area contributed by atoms with Gasteiger partial charge in [-0.15, -0.1) is 11.3 Å². The van der Waals surface area contributed by atoms with Crippen LogP contribution in [0, 0.1) is 0 Å². The highest BCUT2D eigenvalue weighted by Crippen LogP contribution is 2.30. The lowest BCUT2D eigenvalue weighted by Crippen LogP contribution is -2.14. The molecule has 0 radical (unpaired) electrons. The number of nitrogens with two attached hydrogens (primary N) is 1. The first-order chi connectivity index (χ1) is 8.94. The first-order valence-electron chi connectivity index (χ1n) is 6.76. The molecule has 1 aromatic heterocycles. The van der Waals surface area contributed by atoms with E-state index >= 15 is 0 Å². The Morgan fingerprint density at radius 2 is 1.89 bits per heavy atom. The molecule has 0 aliphatic carbocycles. The van der Waals surface area contributed by atoms with Crippen molar-refractivity contribution in [3.05, 3.63) is 40.2 Å². The summed E-state index contributed by atoms with van der Waals surface area (Å²) in [5, 5.41) is 3.08. The van der Waals surface area contributed by atoms with Gasteiger partial charge in [-0.05, 0) is 24.3 Å². The van der Waals surface area contributed by atoms with Crippen LogP contribution in [0.25, 0.3) is 11.3 Å². The van der Waals surface area contributed by atoms with E-state index < -0.39 is 0 Å². The second-order valence-corrected chi connectivity index (χ2v) is 6.56. The fourth-order valence-corrected chi connectivity index (χ4v) is 2.71. The number of hydrogen-bond donors (Lipinski definition) is 1. The molecule has 0 fully saturated rings. The van der Waals surface area contributed by atoms with Gasteiger partial charge in [-0.3, -0.25) is 0 Å². The highest BCUT2D eigenvalue weighted by Gasteiger charge is 2.17. The Bertz CT molecular complexity index is 538. The largest absolute Gasteiger partial charge is 0.322 e. The van der Waals surface area contributed by atoms with E-state index in [1.54, 1.807) is 11.3 Å². The molecule has 2 nitrogen and oxygen atoms in total. The van der Waals surface area contributed by atoms with Gasteiger partial charge in [-0.1, -0.05) is 45.0 Å². The molecule has 0 spiro atoms.